The normalized spacial score (nSPS) is 18.4. The molecule has 0 fully saturated rings. The summed E-state index contributed by atoms with van der Waals surface area (Å²) in [5.41, 5.74) is 0. The Morgan fingerprint density at radius 3 is 1.89 bits per heavy atom. The van der Waals surface area contributed by atoms with E-state index in [2.05, 4.69) is 36.3 Å². The molecule has 1 aliphatic rings. The second-order valence-electron chi connectivity index (χ2n) is 2.34. The average Bonchev–Trinajstić information content (AvgIpc) is 1.93. The highest BCUT2D eigenvalue weighted by atomic mass is 15.3. The van der Waals surface area contributed by atoms with Crippen molar-refractivity contribution < 1.29 is 0 Å². The van der Waals surface area contributed by atoms with E-state index in [1.165, 1.54) is 0 Å². The molecule has 50 valence electrons. The van der Waals surface area contributed by atoms with Crippen molar-refractivity contribution in [1.29, 1.82) is 0 Å². The van der Waals surface area contributed by atoms with E-state index < -0.39 is 0 Å². The molecule has 2 nitrogen and oxygen atoms in total. The second kappa shape index (κ2) is 2.58. The Hall–Kier alpha value is -0.920. The lowest BCUT2D eigenvalue weighted by atomic mass is 10.6. The van der Waals surface area contributed by atoms with Crippen molar-refractivity contribution in [2.75, 3.05) is 20.8 Å². The molecule has 1 rings (SSSR count). The first-order chi connectivity index (χ1) is 4.29. The van der Waals surface area contributed by atoms with E-state index in [-0.39, 0.29) is 0 Å². The highest BCUT2D eigenvalue weighted by Crippen LogP contribution is 1.95. The molecule has 0 amide bonds. The molecule has 0 saturated carbocycles. The second-order valence-corrected chi connectivity index (χ2v) is 2.34. The zero-order valence-corrected chi connectivity index (χ0v) is 5.91. The summed E-state index contributed by atoms with van der Waals surface area (Å²) < 4.78 is 0. The van der Waals surface area contributed by atoms with Crippen LogP contribution in [-0.4, -0.2) is 30.6 Å². The fourth-order valence-electron chi connectivity index (χ4n) is 0.839. The average molecular weight is 124 g/mol. The van der Waals surface area contributed by atoms with Crippen molar-refractivity contribution in [3.63, 3.8) is 0 Å². The quantitative estimate of drug-likeness (QED) is 0.472. The van der Waals surface area contributed by atoms with Crippen LogP contribution in [0.2, 0.25) is 0 Å². The van der Waals surface area contributed by atoms with E-state index in [1.54, 1.807) is 0 Å². The molecule has 0 unspecified atom stereocenters. The minimum Gasteiger partial charge on any atom is -0.363 e. The van der Waals surface area contributed by atoms with Gasteiger partial charge < -0.3 is 9.80 Å². The summed E-state index contributed by atoms with van der Waals surface area (Å²) in [5, 5.41) is 0. The minimum absolute atomic E-state index is 0.965. The van der Waals surface area contributed by atoms with E-state index in [1.807, 2.05) is 12.2 Å². The van der Waals surface area contributed by atoms with Crippen LogP contribution in [0.1, 0.15) is 0 Å². The van der Waals surface area contributed by atoms with Crippen LogP contribution in [0.4, 0.5) is 0 Å². The summed E-state index contributed by atoms with van der Waals surface area (Å²) in [6.07, 6.45) is 8.17. The third kappa shape index (κ3) is 1.80. The van der Waals surface area contributed by atoms with Crippen LogP contribution in [0.15, 0.2) is 24.6 Å². The number of nitrogens with zero attached hydrogens (tertiary/aromatic N) is 2. The SMILES string of the molecule is CN1C=CC=CN(C)C1. The summed E-state index contributed by atoms with van der Waals surface area (Å²) in [5.74, 6) is 0. The van der Waals surface area contributed by atoms with Crippen LogP contribution in [0.5, 0.6) is 0 Å². The molecule has 0 atom stereocenters. The smallest absolute Gasteiger partial charge is 0.0886 e. The third-order valence-electron chi connectivity index (χ3n) is 1.24. The van der Waals surface area contributed by atoms with Crippen molar-refractivity contribution in [2.24, 2.45) is 0 Å². The highest BCUT2D eigenvalue weighted by molar-refractivity contribution is 5.03. The van der Waals surface area contributed by atoms with Gasteiger partial charge in [-0.25, -0.2) is 0 Å². The standard InChI is InChI=1S/C7H12N2/c1-8-5-3-4-6-9(2)7-8/h3-6H,7H2,1-2H3. The number of allylic oxidation sites excluding steroid dienone is 2. The van der Waals surface area contributed by atoms with Crippen molar-refractivity contribution in [2.45, 2.75) is 0 Å². The molecular formula is C7H12N2. The predicted molar refractivity (Wildman–Crippen MR) is 38.7 cm³/mol. The molecule has 0 radical (unpaired) electrons. The molecule has 1 aliphatic heterocycles. The monoisotopic (exact) mass is 124 g/mol. The summed E-state index contributed by atoms with van der Waals surface area (Å²) in [4.78, 5) is 4.25. The molecule has 9 heavy (non-hydrogen) atoms. The molecule has 0 aromatic carbocycles. The van der Waals surface area contributed by atoms with Gasteiger partial charge in [-0.05, 0) is 12.2 Å². The first-order valence-corrected chi connectivity index (χ1v) is 3.04. The first kappa shape index (κ1) is 6.20. The van der Waals surface area contributed by atoms with Gasteiger partial charge in [0, 0.05) is 26.5 Å². The van der Waals surface area contributed by atoms with Crippen LogP contribution in [-0.2, 0) is 0 Å². The number of hydrogen-bond acceptors (Lipinski definition) is 2. The highest BCUT2D eigenvalue weighted by Gasteiger charge is 1.94. The fraction of sp³-hybridized carbons (Fsp3) is 0.429. The first-order valence-electron chi connectivity index (χ1n) is 3.04. The minimum atomic E-state index is 0.965. The number of hydrogen-bond donors (Lipinski definition) is 0. The van der Waals surface area contributed by atoms with Gasteiger partial charge in [-0.15, -0.1) is 0 Å². The van der Waals surface area contributed by atoms with Gasteiger partial charge in [0.25, 0.3) is 0 Å². The lowest BCUT2D eigenvalue weighted by Gasteiger charge is -2.19. The summed E-state index contributed by atoms with van der Waals surface area (Å²) in [7, 11) is 4.11. The van der Waals surface area contributed by atoms with Crippen molar-refractivity contribution >= 4 is 0 Å². The lowest BCUT2D eigenvalue weighted by molar-refractivity contribution is 0.296. The van der Waals surface area contributed by atoms with Crippen LogP contribution >= 0.6 is 0 Å². The molecule has 0 N–H and O–H groups in total. The van der Waals surface area contributed by atoms with Gasteiger partial charge in [0.2, 0.25) is 0 Å². The molecule has 1 heterocycles. The van der Waals surface area contributed by atoms with Gasteiger partial charge in [-0.1, -0.05) is 0 Å². The maximum atomic E-state index is 2.12. The van der Waals surface area contributed by atoms with Gasteiger partial charge in [0.15, 0.2) is 0 Å². The topological polar surface area (TPSA) is 6.48 Å². The molecule has 0 aromatic rings. The summed E-state index contributed by atoms with van der Waals surface area (Å²) in [6.45, 7) is 0.965. The Labute approximate surface area is 56.1 Å². The molecule has 0 aliphatic carbocycles. The van der Waals surface area contributed by atoms with Crippen molar-refractivity contribution in [1.82, 2.24) is 9.80 Å². The van der Waals surface area contributed by atoms with Crippen molar-refractivity contribution in [3.8, 4) is 0 Å². The van der Waals surface area contributed by atoms with Crippen LogP contribution in [0.3, 0.4) is 0 Å². The Balaban J connectivity index is 2.54. The Morgan fingerprint density at radius 2 is 1.44 bits per heavy atom. The molecule has 0 aromatic heterocycles. The molecule has 0 bridgehead atoms. The van der Waals surface area contributed by atoms with Gasteiger partial charge in [0.1, 0.15) is 0 Å². The Morgan fingerprint density at radius 1 is 1.00 bits per heavy atom. The van der Waals surface area contributed by atoms with E-state index in [0.29, 0.717) is 0 Å². The van der Waals surface area contributed by atoms with Gasteiger partial charge in [-0.3, -0.25) is 0 Å². The van der Waals surface area contributed by atoms with Gasteiger partial charge in [-0.2, -0.15) is 0 Å². The van der Waals surface area contributed by atoms with Gasteiger partial charge in [0.05, 0.1) is 6.67 Å². The summed E-state index contributed by atoms with van der Waals surface area (Å²) in [6, 6.07) is 0. The van der Waals surface area contributed by atoms with Crippen molar-refractivity contribution in [3.05, 3.63) is 24.6 Å². The lowest BCUT2D eigenvalue weighted by Crippen LogP contribution is -2.24. The van der Waals surface area contributed by atoms with Gasteiger partial charge >= 0.3 is 0 Å². The van der Waals surface area contributed by atoms with E-state index >= 15 is 0 Å². The molecule has 0 saturated heterocycles. The molecule has 0 spiro atoms. The number of rotatable bonds is 0. The maximum Gasteiger partial charge on any atom is 0.0886 e. The van der Waals surface area contributed by atoms with Crippen LogP contribution in [0.25, 0.3) is 0 Å². The molecule has 2 heteroatoms. The van der Waals surface area contributed by atoms with Crippen LogP contribution in [0, 0.1) is 0 Å². The summed E-state index contributed by atoms with van der Waals surface area (Å²) >= 11 is 0. The Bertz CT molecular complexity index is 122. The Kier molecular flexibility index (Phi) is 1.78. The van der Waals surface area contributed by atoms with E-state index in [4.69, 9.17) is 0 Å². The zero-order valence-electron chi connectivity index (χ0n) is 5.91. The molecular weight excluding hydrogens is 112 g/mol. The fourth-order valence-corrected chi connectivity index (χ4v) is 0.839. The zero-order chi connectivity index (χ0) is 6.69. The largest absolute Gasteiger partial charge is 0.363 e. The predicted octanol–water partition coefficient (Wildman–Crippen LogP) is 0.849. The van der Waals surface area contributed by atoms with E-state index in [9.17, 15) is 0 Å². The third-order valence-corrected chi connectivity index (χ3v) is 1.24. The van der Waals surface area contributed by atoms with E-state index in [0.717, 1.165) is 6.67 Å². The van der Waals surface area contributed by atoms with Crippen LogP contribution < -0.4 is 0 Å². The maximum absolute atomic E-state index is 2.12.